The summed E-state index contributed by atoms with van der Waals surface area (Å²) in [6.07, 6.45) is 2.37. The van der Waals surface area contributed by atoms with E-state index in [1.54, 1.807) is 42.7 Å². The highest BCUT2D eigenvalue weighted by atomic mass is 35.5. The largest absolute Gasteiger partial charge is 0.495 e. The quantitative estimate of drug-likeness (QED) is 0.348. The maximum absolute atomic E-state index is 13.2. The molecule has 3 aromatic rings. The summed E-state index contributed by atoms with van der Waals surface area (Å²) in [5.74, 6) is -0.796. The molecular formula is C27H28ClN5O6. The average Bonchev–Trinajstić information content (AvgIpc) is 2.94. The number of hydrogen-bond acceptors (Lipinski definition) is 8. The van der Waals surface area contributed by atoms with Gasteiger partial charge in [-0.05, 0) is 36.2 Å². The summed E-state index contributed by atoms with van der Waals surface area (Å²) in [6.45, 7) is -0.406. The van der Waals surface area contributed by atoms with Crippen molar-refractivity contribution >= 4 is 40.7 Å². The normalized spacial score (nSPS) is 14.5. The number of para-hydroxylation sites is 1. The van der Waals surface area contributed by atoms with Crippen molar-refractivity contribution in [2.75, 3.05) is 44.1 Å². The van der Waals surface area contributed by atoms with Gasteiger partial charge in [-0.25, -0.2) is 0 Å². The van der Waals surface area contributed by atoms with Gasteiger partial charge in [-0.3, -0.25) is 24.3 Å². The fourth-order valence-electron chi connectivity index (χ4n) is 4.18. The Morgan fingerprint density at radius 1 is 1.03 bits per heavy atom. The highest BCUT2D eigenvalue weighted by Gasteiger charge is 2.38. The standard InChI is InChI=1S/C27H28ClN5O6/c1-38-22-13-23(39-2)20(12-19(22)28)31-25(35)16-32-21-8-4-3-7-18(21)26(36)33(27(32)37)15-24(34)30-11-9-17-6-5-10-29-14-17/h3-8,10,12-14,27,37H,9,11,15-16H2,1-2H3,(H,30,34)(H,31,35). The Labute approximate surface area is 230 Å². The Balaban J connectivity index is 1.47. The number of amides is 3. The van der Waals surface area contributed by atoms with Crippen LogP contribution in [0.1, 0.15) is 15.9 Å². The number of ether oxygens (including phenoxy) is 2. The number of carbonyl (C=O) groups is 3. The molecule has 0 fully saturated rings. The van der Waals surface area contributed by atoms with Crippen molar-refractivity contribution in [3.05, 3.63) is 77.1 Å². The number of carbonyl (C=O) groups excluding carboxylic acids is 3. The first-order valence-electron chi connectivity index (χ1n) is 12.0. The van der Waals surface area contributed by atoms with Gasteiger partial charge >= 0.3 is 0 Å². The molecule has 3 N–H and O–H groups in total. The second kappa shape index (κ2) is 12.5. The Hall–Kier alpha value is -4.35. The predicted molar refractivity (Wildman–Crippen MR) is 145 cm³/mol. The monoisotopic (exact) mass is 553 g/mol. The Kier molecular flexibility index (Phi) is 8.84. The summed E-state index contributed by atoms with van der Waals surface area (Å²) < 4.78 is 10.5. The van der Waals surface area contributed by atoms with E-state index in [1.165, 1.54) is 31.3 Å². The van der Waals surface area contributed by atoms with E-state index in [-0.39, 0.29) is 17.1 Å². The second-order valence-corrected chi connectivity index (χ2v) is 9.03. The van der Waals surface area contributed by atoms with Crippen LogP contribution in [0.3, 0.4) is 0 Å². The van der Waals surface area contributed by atoms with Gasteiger partial charge in [0.25, 0.3) is 5.91 Å². The lowest BCUT2D eigenvalue weighted by Crippen LogP contribution is -2.59. The molecule has 11 nitrogen and oxygen atoms in total. The number of aliphatic hydroxyl groups is 1. The highest BCUT2D eigenvalue weighted by Crippen LogP contribution is 2.36. The minimum absolute atomic E-state index is 0.254. The Morgan fingerprint density at radius 3 is 2.49 bits per heavy atom. The van der Waals surface area contributed by atoms with E-state index in [0.29, 0.717) is 35.8 Å². The molecule has 3 amide bonds. The fourth-order valence-corrected chi connectivity index (χ4v) is 4.42. The van der Waals surface area contributed by atoms with Gasteiger partial charge in [0.05, 0.1) is 36.2 Å². The van der Waals surface area contributed by atoms with Gasteiger partial charge in [0.1, 0.15) is 24.6 Å². The molecule has 0 radical (unpaired) electrons. The molecule has 204 valence electrons. The molecule has 0 bridgehead atoms. The van der Waals surface area contributed by atoms with Crippen molar-refractivity contribution in [1.29, 1.82) is 0 Å². The summed E-state index contributed by atoms with van der Waals surface area (Å²) in [4.78, 5) is 45.3. The lowest BCUT2D eigenvalue weighted by molar-refractivity contribution is -0.124. The number of methoxy groups -OCH3 is 2. The molecule has 1 aliphatic rings. The Morgan fingerprint density at radius 2 is 1.77 bits per heavy atom. The van der Waals surface area contributed by atoms with Gasteiger partial charge in [-0.1, -0.05) is 29.8 Å². The molecule has 0 saturated carbocycles. The lowest BCUT2D eigenvalue weighted by Gasteiger charge is -2.41. The van der Waals surface area contributed by atoms with Crippen molar-refractivity contribution in [1.82, 2.24) is 15.2 Å². The highest BCUT2D eigenvalue weighted by molar-refractivity contribution is 6.32. The van der Waals surface area contributed by atoms with Crippen LogP contribution in [0.2, 0.25) is 5.02 Å². The van der Waals surface area contributed by atoms with E-state index in [1.807, 2.05) is 6.07 Å². The number of hydrogen-bond donors (Lipinski definition) is 3. The van der Waals surface area contributed by atoms with Crippen LogP contribution in [-0.4, -0.2) is 72.9 Å². The number of aliphatic hydroxyl groups excluding tert-OH is 1. The molecule has 1 aliphatic heterocycles. The number of benzene rings is 2. The Bertz CT molecular complexity index is 1360. The van der Waals surface area contributed by atoms with Crippen LogP contribution in [-0.2, 0) is 16.0 Å². The first-order valence-corrected chi connectivity index (χ1v) is 12.4. The molecular weight excluding hydrogens is 526 g/mol. The van der Waals surface area contributed by atoms with Crippen molar-refractivity contribution in [2.45, 2.75) is 12.8 Å². The third-order valence-electron chi connectivity index (χ3n) is 6.10. The number of nitrogens with zero attached hydrogens (tertiary/aromatic N) is 3. The van der Waals surface area contributed by atoms with E-state index in [4.69, 9.17) is 21.1 Å². The molecule has 0 saturated heterocycles. The van der Waals surface area contributed by atoms with Crippen molar-refractivity contribution in [3.8, 4) is 11.5 Å². The number of aromatic nitrogens is 1. The van der Waals surface area contributed by atoms with E-state index in [2.05, 4.69) is 15.6 Å². The number of pyridine rings is 1. The topological polar surface area (TPSA) is 133 Å². The molecule has 1 unspecified atom stereocenters. The zero-order chi connectivity index (χ0) is 27.9. The predicted octanol–water partition coefficient (Wildman–Crippen LogP) is 2.29. The zero-order valence-corrected chi connectivity index (χ0v) is 22.1. The van der Waals surface area contributed by atoms with Gasteiger partial charge in [0.2, 0.25) is 18.2 Å². The van der Waals surface area contributed by atoms with E-state index in [0.717, 1.165) is 10.5 Å². The third kappa shape index (κ3) is 6.39. The van der Waals surface area contributed by atoms with E-state index < -0.39 is 30.6 Å². The number of anilines is 2. The molecule has 4 rings (SSSR count). The van der Waals surface area contributed by atoms with Gasteiger partial charge in [-0.15, -0.1) is 0 Å². The van der Waals surface area contributed by atoms with Gasteiger partial charge in [0, 0.05) is 25.0 Å². The van der Waals surface area contributed by atoms with E-state index >= 15 is 0 Å². The van der Waals surface area contributed by atoms with Gasteiger partial charge in [-0.2, -0.15) is 0 Å². The van der Waals surface area contributed by atoms with Crippen LogP contribution in [0.4, 0.5) is 11.4 Å². The van der Waals surface area contributed by atoms with Crippen LogP contribution in [0.15, 0.2) is 60.9 Å². The molecule has 2 aromatic carbocycles. The maximum atomic E-state index is 13.2. The van der Waals surface area contributed by atoms with Crippen LogP contribution >= 0.6 is 11.6 Å². The number of nitrogens with one attached hydrogen (secondary N) is 2. The van der Waals surface area contributed by atoms with Crippen LogP contribution in [0, 0.1) is 0 Å². The van der Waals surface area contributed by atoms with Crippen LogP contribution in [0.5, 0.6) is 11.5 Å². The summed E-state index contributed by atoms with van der Waals surface area (Å²) in [6, 6.07) is 13.3. The molecule has 1 atom stereocenters. The summed E-state index contributed by atoms with van der Waals surface area (Å²) in [7, 11) is 2.90. The smallest absolute Gasteiger partial charge is 0.259 e. The number of rotatable bonds is 10. The van der Waals surface area contributed by atoms with Crippen molar-refractivity contribution in [2.24, 2.45) is 0 Å². The summed E-state index contributed by atoms with van der Waals surface area (Å²) in [5.41, 5.74) is 1.86. The molecule has 0 spiro atoms. The molecule has 39 heavy (non-hydrogen) atoms. The SMILES string of the molecule is COc1cc(OC)c(NC(=O)CN2c3ccccc3C(=O)N(CC(=O)NCCc3cccnc3)C2O)cc1Cl. The minimum atomic E-state index is -1.57. The fraction of sp³-hybridized carbons (Fsp3) is 0.259. The van der Waals surface area contributed by atoms with Crippen LogP contribution < -0.4 is 25.0 Å². The van der Waals surface area contributed by atoms with Gasteiger partial charge in [0.15, 0.2) is 0 Å². The van der Waals surface area contributed by atoms with Crippen molar-refractivity contribution in [3.63, 3.8) is 0 Å². The first-order chi connectivity index (χ1) is 18.8. The minimum Gasteiger partial charge on any atom is -0.495 e. The molecule has 12 heteroatoms. The third-order valence-corrected chi connectivity index (χ3v) is 6.39. The molecule has 1 aromatic heterocycles. The number of fused-ring (bicyclic) bond motifs is 1. The molecule has 2 heterocycles. The summed E-state index contributed by atoms with van der Waals surface area (Å²) >= 11 is 6.21. The molecule has 0 aliphatic carbocycles. The van der Waals surface area contributed by atoms with Gasteiger partial charge < -0.3 is 30.1 Å². The van der Waals surface area contributed by atoms with Crippen LogP contribution in [0.25, 0.3) is 0 Å². The first kappa shape index (κ1) is 27.7. The zero-order valence-electron chi connectivity index (χ0n) is 21.4. The second-order valence-electron chi connectivity index (χ2n) is 8.62. The number of halogens is 1. The van der Waals surface area contributed by atoms with Crippen molar-refractivity contribution < 1.29 is 29.0 Å². The summed E-state index contributed by atoms with van der Waals surface area (Å²) in [5, 5.41) is 16.9. The average molecular weight is 554 g/mol. The van der Waals surface area contributed by atoms with E-state index in [9.17, 15) is 19.5 Å². The maximum Gasteiger partial charge on any atom is 0.259 e. The lowest BCUT2D eigenvalue weighted by atomic mass is 10.1.